The summed E-state index contributed by atoms with van der Waals surface area (Å²) in [6.07, 6.45) is 0.873. The number of amides is 1. The third kappa shape index (κ3) is 5.20. The van der Waals surface area contributed by atoms with Gasteiger partial charge in [-0.1, -0.05) is 30.7 Å². The van der Waals surface area contributed by atoms with Crippen molar-refractivity contribution in [2.24, 2.45) is 0 Å². The molecule has 0 saturated heterocycles. The molecule has 0 aliphatic carbocycles. The minimum atomic E-state index is -0.591. The van der Waals surface area contributed by atoms with Gasteiger partial charge in [0.1, 0.15) is 5.75 Å². The van der Waals surface area contributed by atoms with Gasteiger partial charge in [-0.3, -0.25) is 4.79 Å². The molecule has 2 aromatic carbocycles. The first kappa shape index (κ1) is 20.6. The number of para-hydroxylation sites is 1. The van der Waals surface area contributed by atoms with Gasteiger partial charge in [-0.05, 0) is 49.2 Å². The first-order chi connectivity index (χ1) is 13.4. The number of thioether (sulfide) groups is 1. The summed E-state index contributed by atoms with van der Waals surface area (Å²) in [5.41, 5.74) is 1.72. The summed E-state index contributed by atoms with van der Waals surface area (Å²) in [4.78, 5) is 27.4. The zero-order chi connectivity index (χ0) is 20.1. The minimum Gasteiger partial charge on any atom is -0.482 e. The van der Waals surface area contributed by atoms with Crippen LogP contribution in [-0.4, -0.2) is 36.9 Å². The molecule has 148 valence electrons. The van der Waals surface area contributed by atoms with E-state index < -0.39 is 5.97 Å². The van der Waals surface area contributed by atoms with E-state index in [-0.39, 0.29) is 19.1 Å². The third-order valence-electron chi connectivity index (χ3n) is 4.39. The molecule has 0 N–H and O–H groups in total. The number of ether oxygens (including phenoxy) is 2. The van der Waals surface area contributed by atoms with Gasteiger partial charge in [-0.15, -0.1) is 11.8 Å². The number of halogens is 1. The van der Waals surface area contributed by atoms with Crippen LogP contribution in [0.25, 0.3) is 0 Å². The molecule has 0 saturated carbocycles. The van der Waals surface area contributed by atoms with Gasteiger partial charge in [0.15, 0.2) is 13.2 Å². The molecule has 0 unspecified atom stereocenters. The monoisotopic (exact) mass is 419 g/mol. The molecule has 1 atom stereocenters. The highest BCUT2D eigenvalue weighted by molar-refractivity contribution is 8.00. The topological polar surface area (TPSA) is 55.8 Å². The van der Waals surface area contributed by atoms with E-state index in [1.54, 1.807) is 34.9 Å². The lowest BCUT2D eigenvalue weighted by Crippen LogP contribution is -2.36. The van der Waals surface area contributed by atoms with Crippen molar-refractivity contribution in [3.8, 4) is 5.75 Å². The highest BCUT2D eigenvalue weighted by Gasteiger charge is 2.24. The largest absolute Gasteiger partial charge is 0.482 e. The number of anilines is 1. The lowest BCUT2D eigenvalue weighted by atomic mass is 10.2. The number of benzene rings is 2. The molecule has 7 heteroatoms. The van der Waals surface area contributed by atoms with Crippen molar-refractivity contribution in [2.45, 2.75) is 30.4 Å². The number of hydrogen-bond donors (Lipinski definition) is 0. The number of rotatable bonds is 5. The van der Waals surface area contributed by atoms with E-state index in [0.717, 1.165) is 22.6 Å². The van der Waals surface area contributed by atoms with Crippen LogP contribution in [0.5, 0.6) is 5.75 Å². The van der Waals surface area contributed by atoms with Crippen LogP contribution in [0.2, 0.25) is 5.02 Å². The van der Waals surface area contributed by atoms with E-state index in [1.165, 1.54) is 0 Å². The summed E-state index contributed by atoms with van der Waals surface area (Å²) < 4.78 is 10.5. The van der Waals surface area contributed by atoms with Gasteiger partial charge >= 0.3 is 5.97 Å². The predicted molar refractivity (Wildman–Crippen MR) is 111 cm³/mol. The first-order valence-corrected chi connectivity index (χ1v) is 10.3. The van der Waals surface area contributed by atoms with E-state index in [1.807, 2.05) is 31.2 Å². The molecule has 3 rings (SSSR count). The van der Waals surface area contributed by atoms with E-state index in [2.05, 4.69) is 6.92 Å². The molecule has 1 aliphatic rings. The van der Waals surface area contributed by atoms with Crippen LogP contribution in [0.1, 0.15) is 18.9 Å². The maximum atomic E-state index is 12.7. The second-order valence-corrected chi connectivity index (χ2v) is 8.48. The number of nitrogens with zero attached hydrogens (tertiary/aromatic N) is 1. The molecule has 1 aliphatic heterocycles. The Morgan fingerprint density at radius 2 is 2.00 bits per heavy atom. The average molecular weight is 420 g/mol. The summed E-state index contributed by atoms with van der Waals surface area (Å²) in [6.45, 7) is 4.02. The van der Waals surface area contributed by atoms with Crippen molar-refractivity contribution in [1.82, 2.24) is 0 Å². The van der Waals surface area contributed by atoms with Crippen molar-refractivity contribution in [3.63, 3.8) is 0 Å². The van der Waals surface area contributed by atoms with E-state index in [0.29, 0.717) is 22.6 Å². The summed E-state index contributed by atoms with van der Waals surface area (Å²) in [5, 5.41) is 1.04. The smallest absolute Gasteiger partial charge is 0.344 e. The van der Waals surface area contributed by atoms with Crippen molar-refractivity contribution >= 4 is 40.9 Å². The number of carbonyl (C=O) groups excluding carboxylic acids is 2. The fourth-order valence-electron chi connectivity index (χ4n) is 2.86. The lowest BCUT2D eigenvalue weighted by molar-refractivity contribution is -0.149. The average Bonchev–Trinajstić information content (AvgIpc) is 2.85. The van der Waals surface area contributed by atoms with Gasteiger partial charge in [-0.2, -0.15) is 0 Å². The van der Waals surface area contributed by atoms with Crippen LogP contribution >= 0.6 is 23.4 Å². The van der Waals surface area contributed by atoms with Gasteiger partial charge < -0.3 is 14.4 Å². The molecule has 0 radical (unpaired) electrons. The van der Waals surface area contributed by atoms with E-state index >= 15 is 0 Å². The Balaban J connectivity index is 1.54. The van der Waals surface area contributed by atoms with Crippen LogP contribution < -0.4 is 9.64 Å². The Bertz CT molecular complexity index is 873. The second kappa shape index (κ2) is 9.34. The molecular formula is C21H22ClNO4S. The Morgan fingerprint density at radius 1 is 1.21 bits per heavy atom. The molecule has 1 heterocycles. The zero-order valence-corrected chi connectivity index (χ0v) is 17.4. The van der Waals surface area contributed by atoms with Gasteiger partial charge in [0.25, 0.3) is 5.91 Å². The second-order valence-electron chi connectivity index (χ2n) is 6.59. The fourth-order valence-corrected chi connectivity index (χ4v) is 4.09. The van der Waals surface area contributed by atoms with E-state index in [9.17, 15) is 9.59 Å². The zero-order valence-electron chi connectivity index (χ0n) is 15.8. The summed E-state index contributed by atoms with van der Waals surface area (Å²) in [6, 6.07) is 12.9. The summed E-state index contributed by atoms with van der Waals surface area (Å²) in [7, 11) is 0. The Kier molecular flexibility index (Phi) is 6.86. The molecule has 2 aromatic rings. The van der Waals surface area contributed by atoms with Crippen LogP contribution in [-0.2, 0) is 14.3 Å². The Hall–Kier alpha value is -2.18. The van der Waals surface area contributed by atoms with Crippen molar-refractivity contribution in [2.75, 3.05) is 24.7 Å². The molecular weight excluding hydrogens is 398 g/mol. The van der Waals surface area contributed by atoms with Gasteiger partial charge in [0.2, 0.25) is 0 Å². The minimum absolute atomic E-state index is 0.238. The number of esters is 1. The highest BCUT2D eigenvalue weighted by atomic mass is 35.5. The quantitative estimate of drug-likeness (QED) is 0.668. The summed E-state index contributed by atoms with van der Waals surface area (Å²) in [5.74, 6) is -0.303. The molecule has 0 fully saturated rings. The predicted octanol–water partition coefficient (Wildman–Crippen LogP) is 4.49. The molecule has 0 aromatic heterocycles. The number of aryl methyl sites for hydroxylation is 1. The molecule has 1 amide bonds. The first-order valence-electron chi connectivity index (χ1n) is 9.04. The van der Waals surface area contributed by atoms with Crippen LogP contribution in [0.4, 0.5) is 5.69 Å². The standard InChI is InChI=1S/C21H22ClNO4S/c1-14-11-16(7-8-17(14)22)26-13-21(25)27-12-20(24)23-10-9-15(2)28-19-6-4-3-5-18(19)23/h3-8,11,15H,9-10,12-13H2,1-2H3/t15-/m1/s1. The number of carbonyl (C=O) groups is 2. The number of hydrogen-bond acceptors (Lipinski definition) is 5. The van der Waals surface area contributed by atoms with Crippen molar-refractivity contribution in [1.29, 1.82) is 0 Å². The summed E-state index contributed by atoms with van der Waals surface area (Å²) >= 11 is 7.72. The third-order valence-corrected chi connectivity index (χ3v) is 6.05. The van der Waals surface area contributed by atoms with E-state index in [4.69, 9.17) is 21.1 Å². The van der Waals surface area contributed by atoms with Gasteiger partial charge in [-0.25, -0.2) is 4.79 Å². The normalized spacial score (nSPS) is 16.1. The lowest BCUT2D eigenvalue weighted by Gasteiger charge is -2.22. The van der Waals surface area contributed by atoms with Crippen LogP contribution in [0.15, 0.2) is 47.4 Å². The molecule has 0 spiro atoms. The molecule has 28 heavy (non-hydrogen) atoms. The van der Waals surface area contributed by atoms with Crippen LogP contribution in [0, 0.1) is 6.92 Å². The molecule has 0 bridgehead atoms. The SMILES string of the molecule is Cc1cc(OCC(=O)OCC(=O)N2CC[C@@H](C)Sc3ccccc32)ccc1Cl. The highest BCUT2D eigenvalue weighted by Crippen LogP contribution is 2.37. The van der Waals surface area contributed by atoms with Crippen LogP contribution in [0.3, 0.4) is 0 Å². The number of fused-ring (bicyclic) bond motifs is 1. The maximum absolute atomic E-state index is 12.7. The Morgan fingerprint density at radius 3 is 2.79 bits per heavy atom. The Labute approximate surface area is 174 Å². The maximum Gasteiger partial charge on any atom is 0.344 e. The van der Waals surface area contributed by atoms with Crippen molar-refractivity contribution < 1.29 is 19.1 Å². The fraction of sp³-hybridized carbons (Fsp3) is 0.333. The van der Waals surface area contributed by atoms with Gasteiger partial charge in [0.05, 0.1) is 5.69 Å². The molecule has 5 nitrogen and oxygen atoms in total. The van der Waals surface area contributed by atoms with Gasteiger partial charge in [0, 0.05) is 21.7 Å². The van der Waals surface area contributed by atoms with Crippen molar-refractivity contribution in [3.05, 3.63) is 53.1 Å².